The van der Waals surface area contributed by atoms with E-state index in [0.717, 1.165) is 0 Å². The first-order chi connectivity index (χ1) is 11.4. The van der Waals surface area contributed by atoms with Crippen molar-refractivity contribution in [3.05, 3.63) is 29.8 Å². The third kappa shape index (κ3) is 6.93. The highest BCUT2D eigenvalue weighted by Gasteiger charge is 2.14. The number of nitrogens with one attached hydrogen (secondary N) is 2. The maximum Gasteiger partial charge on any atom is 0.240 e. The molecule has 0 aliphatic carbocycles. The zero-order chi connectivity index (χ0) is 18.0. The average molecular weight is 359 g/mol. The summed E-state index contributed by atoms with van der Waals surface area (Å²) in [6.07, 6.45) is -0.175. The summed E-state index contributed by atoms with van der Waals surface area (Å²) in [5, 5.41) is 2.72. The first-order valence-electron chi connectivity index (χ1n) is 7.50. The summed E-state index contributed by atoms with van der Waals surface area (Å²) >= 11 is 0. The average Bonchev–Trinajstić information content (AvgIpc) is 2.58. The summed E-state index contributed by atoms with van der Waals surface area (Å²) in [5.41, 5.74) is 6.15. The molecule has 0 aromatic heterocycles. The fourth-order valence-electron chi connectivity index (χ4n) is 1.93. The van der Waals surface area contributed by atoms with E-state index in [4.69, 9.17) is 15.2 Å². The predicted octanol–water partition coefficient (Wildman–Crippen LogP) is -0.409. The summed E-state index contributed by atoms with van der Waals surface area (Å²) in [7, 11) is -0.608. The molecule has 1 unspecified atom stereocenters. The number of ether oxygens (including phenoxy) is 2. The van der Waals surface area contributed by atoms with Gasteiger partial charge in [-0.2, -0.15) is 0 Å². The van der Waals surface area contributed by atoms with Gasteiger partial charge in [0.2, 0.25) is 15.9 Å². The molecule has 9 heteroatoms. The zero-order valence-corrected chi connectivity index (χ0v) is 14.8. The van der Waals surface area contributed by atoms with Crippen molar-refractivity contribution in [2.45, 2.75) is 24.0 Å². The number of sulfonamides is 1. The highest BCUT2D eigenvalue weighted by atomic mass is 32.2. The molecule has 0 bridgehead atoms. The van der Waals surface area contributed by atoms with Crippen LogP contribution >= 0.6 is 0 Å². The van der Waals surface area contributed by atoms with Crippen LogP contribution in [0, 0.1) is 0 Å². The number of carbonyl (C=O) groups excluding carboxylic acids is 1. The third-order valence-corrected chi connectivity index (χ3v) is 4.76. The van der Waals surface area contributed by atoms with Crippen molar-refractivity contribution in [3.63, 3.8) is 0 Å². The summed E-state index contributed by atoms with van der Waals surface area (Å²) in [6, 6.07) is 6.39. The van der Waals surface area contributed by atoms with Crippen molar-refractivity contribution >= 4 is 15.9 Å². The second kappa shape index (κ2) is 10.4. The summed E-state index contributed by atoms with van der Waals surface area (Å²) in [6.45, 7) is 0.958. The maximum absolute atomic E-state index is 12.1. The Morgan fingerprint density at radius 3 is 2.71 bits per heavy atom. The highest BCUT2D eigenvalue weighted by molar-refractivity contribution is 7.89. The Hall–Kier alpha value is -1.52. The molecule has 0 saturated carbocycles. The SMILES string of the molecule is COCCNS(=O)(=O)c1cccc(CNC(=O)CC(CN)OC)c1. The summed E-state index contributed by atoms with van der Waals surface area (Å²) in [4.78, 5) is 12.0. The standard InChI is InChI=1S/C15H25N3O5S/c1-22-7-6-18-24(20,21)14-5-3-4-12(8-14)11-17-15(19)9-13(10-16)23-2/h3-5,8,13,18H,6-7,9-11,16H2,1-2H3,(H,17,19). The molecule has 8 nitrogen and oxygen atoms in total. The molecule has 0 spiro atoms. The van der Waals surface area contributed by atoms with Gasteiger partial charge in [0, 0.05) is 33.9 Å². The zero-order valence-electron chi connectivity index (χ0n) is 13.9. The summed E-state index contributed by atoms with van der Waals surface area (Å²) < 4.78 is 36.6. The van der Waals surface area contributed by atoms with Crippen LogP contribution in [0.1, 0.15) is 12.0 Å². The van der Waals surface area contributed by atoms with Gasteiger partial charge >= 0.3 is 0 Å². The molecule has 136 valence electrons. The normalized spacial score (nSPS) is 12.8. The van der Waals surface area contributed by atoms with Crippen LogP contribution in [-0.4, -0.2) is 54.3 Å². The lowest BCUT2D eigenvalue weighted by Gasteiger charge is -2.13. The van der Waals surface area contributed by atoms with Crippen LogP contribution in [-0.2, 0) is 30.8 Å². The van der Waals surface area contributed by atoms with Crippen LogP contribution in [0.3, 0.4) is 0 Å². The van der Waals surface area contributed by atoms with Crippen molar-refractivity contribution in [3.8, 4) is 0 Å². The van der Waals surface area contributed by atoms with Crippen LogP contribution in [0.15, 0.2) is 29.2 Å². The van der Waals surface area contributed by atoms with E-state index in [-0.39, 0.29) is 49.6 Å². The number of methoxy groups -OCH3 is 2. The highest BCUT2D eigenvalue weighted by Crippen LogP contribution is 2.11. The molecule has 0 fully saturated rings. The number of hydrogen-bond donors (Lipinski definition) is 3. The molecule has 0 saturated heterocycles. The van der Waals surface area contributed by atoms with Gasteiger partial charge in [0.25, 0.3) is 0 Å². The van der Waals surface area contributed by atoms with Gasteiger partial charge in [0.05, 0.1) is 24.0 Å². The van der Waals surface area contributed by atoms with Gasteiger partial charge in [-0.15, -0.1) is 0 Å². The van der Waals surface area contributed by atoms with Crippen LogP contribution < -0.4 is 15.8 Å². The molecular weight excluding hydrogens is 334 g/mol. The van der Waals surface area contributed by atoms with E-state index in [1.807, 2.05) is 0 Å². The molecule has 1 atom stereocenters. The predicted molar refractivity (Wildman–Crippen MR) is 89.8 cm³/mol. The van der Waals surface area contributed by atoms with E-state index in [9.17, 15) is 13.2 Å². The van der Waals surface area contributed by atoms with Gasteiger partial charge in [-0.05, 0) is 17.7 Å². The van der Waals surface area contributed by atoms with Crippen molar-refractivity contribution in [2.75, 3.05) is 33.9 Å². The van der Waals surface area contributed by atoms with Gasteiger partial charge in [-0.1, -0.05) is 12.1 Å². The summed E-state index contributed by atoms with van der Waals surface area (Å²) in [5.74, 6) is -0.209. The van der Waals surface area contributed by atoms with Crippen molar-refractivity contribution in [1.29, 1.82) is 0 Å². The number of hydrogen-bond acceptors (Lipinski definition) is 6. The molecule has 1 aromatic carbocycles. The van der Waals surface area contributed by atoms with E-state index in [1.165, 1.54) is 26.4 Å². The Kier molecular flexibility index (Phi) is 8.87. The number of amides is 1. The maximum atomic E-state index is 12.1. The van der Waals surface area contributed by atoms with Gasteiger partial charge in [-0.25, -0.2) is 13.1 Å². The second-order valence-electron chi connectivity index (χ2n) is 5.11. The monoisotopic (exact) mass is 359 g/mol. The minimum absolute atomic E-state index is 0.141. The second-order valence-corrected chi connectivity index (χ2v) is 6.88. The molecule has 0 aliphatic heterocycles. The molecule has 0 heterocycles. The lowest BCUT2D eigenvalue weighted by molar-refractivity contribution is -0.123. The lowest BCUT2D eigenvalue weighted by atomic mass is 10.2. The first-order valence-corrected chi connectivity index (χ1v) is 8.98. The smallest absolute Gasteiger partial charge is 0.240 e. The molecular formula is C15H25N3O5S. The van der Waals surface area contributed by atoms with Crippen LogP contribution in [0.2, 0.25) is 0 Å². The van der Waals surface area contributed by atoms with Crippen molar-refractivity contribution < 1.29 is 22.7 Å². The fraction of sp³-hybridized carbons (Fsp3) is 0.533. The molecule has 4 N–H and O–H groups in total. The number of benzene rings is 1. The van der Waals surface area contributed by atoms with E-state index in [0.29, 0.717) is 5.56 Å². The topological polar surface area (TPSA) is 120 Å². The molecule has 24 heavy (non-hydrogen) atoms. The van der Waals surface area contributed by atoms with Gasteiger partial charge in [-0.3, -0.25) is 4.79 Å². The van der Waals surface area contributed by atoms with Crippen molar-refractivity contribution in [1.82, 2.24) is 10.0 Å². The Labute approximate surface area is 142 Å². The Morgan fingerprint density at radius 1 is 1.33 bits per heavy atom. The van der Waals surface area contributed by atoms with Crippen LogP contribution in [0.5, 0.6) is 0 Å². The Bertz CT molecular complexity index is 617. The van der Waals surface area contributed by atoms with E-state index >= 15 is 0 Å². The van der Waals surface area contributed by atoms with Crippen LogP contribution in [0.25, 0.3) is 0 Å². The van der Waals surface area contributed by atoms with E-state index < -0.39 is 10.0 Å². The van der Waals surface area contributed by atoms with Gasteiger partial charge < -0.3 is 20.5 Å². The molecule has 0 radical (unpaired) electrons. The quantitative estimate of drug-likeness (QED) is 0.462. The first kappa shape index (κ1) is 20.5. The van der Waals surface area contributed by atoms with Crippen molar-refractivity contribution in [2.24, 2.45) is 5.73 Å². The molecule has 1 amide bonds. The minimum atomic E-state index is -3.60. The number of rotatable bonds is 11. The van der Waals surface area contributed by atoms with E-state index in [2.05, 4.69) is 10.0 Å². The van der Waals surface area contributed by atoms with E-state index in [1.54, 1.807) is 12.1 Å². The number of nitrogens with two attached hydrogens (primary N) is 1. The molecule has 1 aromatic rings. The van der Waals surface area contributed by atoms with Gasteiger partial charge in [0.15, 0.2) is 0 Å². The Morgan fingerprint density at radius 2 is 2.08 bits per heavy atom. The number of carbonyl (C=O) groups is 1. The molecule has 1 rings (SSSR count). The third-order valence-electron chi connectivity index (χ3n) is 3.31. The van der Waals surface area contributed by atoms with Gasteiger partial charge in [0.1, 0.15) is 0 Å². The fourth-order valence-corrected chi connectivity index (χ4v) is 3.01. The largest absolute Gasteiger partial charge is 0.383 e. The van der Waals surface area contributed by atoms with Crippen LogP contribution in [0.4, 0.5) is 0 Å². The lowest BCUT2D eigenvalue weighted by Crippen LogP contribution is -2.32. The minimum Gasteiger partial charge on any atom is -0.383 e. The molecule has 0 aliphatic rings. The Balaban J connectivity index is 2.64.